The third-order valence-electron chi connectivity index (χ3n) is 3.61. The summed E-state index contributed by atoms with van der Waals surface area (Å²) in [6.45, 7) is 1.64. The number of carbonyl (C=O) groups is 1. The van der Waals surface area contributed by atoms with Crippen molar-refractivity contribution in [2.45, 2.75) is 23.8 Å². The molecule has 0 bridgehead atoms. The van der Waals surface area contributed by atoms with Gasteiger partial charge in [-0.2, -0.15) is 4.58 Å². The van der Waals surface area contributed by atoms with Crippen molar-refractivity contribution in [1.82, 2.24) is 4.90 Å². The molecular formula is C10H12N2O2S2. The molecule has 0 aromatic rings. The third kappa shape index (κ3) is 1.07. The fourth-order valence-corrected chi connectivity index (χ4v) is 4.84. The normalized spacial score (nSPS) is 38.1. The van der Waals surface area contributed by atoms with E-state index in [9.17, 15) is 9.90 Å². The van der Waals surface area contributed by atoms with Crippen LogP contribution < -0.4 is 5.11 Å². The molecule has 0 radical (unpaired) electrons. The number of hydrogen-bond acceptors (Lipinski definition) is 5. The van der Waals surface area contributed by atoms with E-state index < -0.39 is 11.5 Å². The van der Waals surface area contributed by atoms with Gasteiger partial charge >= 0.3 is 0 Å². The van der Waals surface area contributed by atoms with Crippen molar-refractivity contribution < 1.29 is 14.5 Å². The summed E-state index contributed by atoms with van der Waals surface area (Å²) in [5.41, 5.74) is -1.01. The van der Waals surface area contributed by atoms with Crippen LogP contribution in [0.15, 0.2) is 0 Å². The zero-order chi connectivity index (χ0) is 11.3. The summed E-state index contributed by atoms with van der Waals surface area (Å²) in [4.78, 5) is 14.1. The summed E-state index contributed by atoms with van der Waals surface area (Å²) in [6.07, 6.45) is 4.09. The predicted molar refractivity (Wildman–Crippen MR) is 63.7 cm³/mol. The maximum atomic E-state index is 11.5. The summed E-state index contributed by atoms with van der Waals surface area (Å²) in [5, 5.41) is 11.5. The zero-order valence-electron chi connectivity index (χ0n) is 8.72. The van der Waals surface area contributed by atoms with E-state index in [1.54, 1.807) is 11.8 Å². The van der Waals surface area contributed by atoms with Crippen LogP contribution in [0.25, 0.3) is 0 Å². The summed E-state index contributed by atoms with van der Waals surface area (Å²) in [7, 11) is 0. The van der Waals surface area contributed by atoms with Crippen LogP contribution in [0.5, 0.6) is 0 Å². The predicted octanol–water partition coefficient (Wildman–Crippen LogP) is -0.932. The molecular weight excluding hydrogens is 244 g/mol. The lowest BCUT2D eigenvalue weighted by Crippen LogP contribution is -2.80. The Hall–Kier alpha value is -0.460. The molecule has 2 saturated heterocycles. The van der Waals surface area contributed by atoms with Gasteiger partial charge in [0.1, 0.15) is 0 Å². The number of thioether (sulfide) groups is 1. The van der Waals surface area contributed by atoms with Gasteiger partial charge < -0.3 is 9.90 Å². The Morgan fingerprint density at radius 1 is 1.62 bits per heavy atom. The third-order valence-corrected chi connectivity index (χ3v) is 5.36. The van der Waals surface area contributed by atoms with Crippen molar-refractivity contribution in [2.24, 2.45) is 0 Å². The van der Waals surface area contributed by atoms with E-state index >= 15 is 0 Å². The molecule has 0 N–H and O–H groups in total. The number of carboxylic acid groups (broad SMARTS) is 1. The number of rotatable bonds is 2. The Morgan fingerprint density at radius 3 is 2.94 bits per heavy atom. The first-order valence-corrected chi connectivity index (χ1v) is 6.89. The molecule has 0 amide bonds. The minimum atomic E-state index is -1.02. The first kappa shape index (κ1) is 10.7. The van der Waals surface area contributed by atoms with Gasteiger partial charge in [0.05, 0.1) is 11.7 Å². The van der Waals surface area contributed by atoms with Gasteiger partial charge in [-0.1, -0.05) is 11.8 Å². The van der Waals surface area contributed by atoms with Gasteiger partial charge in [0.2, 0.25) is 10.9 Å². The van der Waals surface area contributed by atoms with E-state index in [1.807, 2.05) is 15.7 Å². The van der Waals surface area contributed by atoms with Crippen molar-refractivity contribution in [3.8, 4) is 0 Å². The lowest BCUT2D eigenvalue weighted by atomic mass is 9.88. The minimum absolute atomic E-state index is 0.0666. The quantitative estimate of drug-likeness (QED) is 0.472. The van der Waals surface area contributed by atoms with Crippen LogP contribution in [0.2, 0.25) is 0 Å². The summed E-state index contributed by atoms with van der Waals surface area (Å²) < 4.78 is 1.91. The second-order valence-corrected chi connectivity index (χ2v) is 5.83. The molecule has 2 atom stereocenters. The lowest BCUT2D eigenvalue weighted by Gasteiger charge is -2.48. The molecule has 2 fully saturated rings. The van der Waals surface area contributed by atoms with Gasteiger partial charge in [0.15, 0.2) is 6.21 Å². The molecule has 0 aliphatic carbocycles. The summed E-state index contributed by atoms with van der Waals surface area (Å²) in [5.74, 6) is -0.184. The topological polar surface area (TPSA) is 46.4 Å². The van der Waals surface area contributed by atoms with Gasteiger partial charge in [-0.3, -0.25) is 4.90 Å². The summed E-state index contributed by atoms with van der Waals surface area (Å²) in [6, 6.07) is 0. The van der Waals surface area contributed by atoms with Crippen LogP contribution in [-0.2, 0) is 4.79 Å². The Kier molecular flexibility index (Phi) is 2.35. The van der Waals surface area contributed by atoms with Crippen LogP contribution in [0.1, 0.15) is 12.8 Å². The van der Waals surface area contributed by atoms with Gasteiger partial charge in [-0.05, 0) is 38.1 Å². The molecule has 3 rings (SSSR count). The average molecular weight is 256 g/mol. The van der Waals surface area contributed by atoms with Crippen LogP contribution in [-0.4, -0.2) is 56.4 Å². The van der Waals surface area contributed by atoms with Crippen LogP contribution in [0.4, 0.5) is 0 Å². The number of thiocarbonyl (C=S) groups is 1. The highest BCUT2D eigenvalue weighted by atomic mass is 32.2. The molecule has 4 nitrogen and oxygen atoms in total. The molecule has 16 heavy (non-hydrogen) atoms. The number of carbonyl (C=O) groups excluding carboxylic acids is 1. The maximum Gasteiger partial charge on any atom is 0.282 e. The van der Waals surface area contributed by atoms with Crippen molar-refractivity contribution >= 4 is 41.2 Å². The first-order valence-electron chi connectivity index (χ1n) is 5.43. The second kappa shape index (κ2) is 3.51. The lowest BCUT2D eigenvalue weighted by molar-refractivity contribution is -0.489. The first-order chi connectivity index (χ1) is 7.69. The molecule has 3 aliphatic rings. The molecule has 86 valence electrons. The van der Waals surface area contributed by atoms with E-state index in [0.29, 0.717) is 4.99 Å². The number of likely N-dealkylation sites (tertiary alicyclic amines) is 1. The minimum Gasteiger partial charge on any atom is -0.547 e. The van der Waals surface area contributed by atoms with E-state index in [1.165, 1.54) is 0 Å². The van der Waals surface area contributed by atoms with Crippen molar-refractivity contribution in [3.05, 3.63) is 0 Å². The number of aliphatic carboxylic acids is 1. The van der Waals surface area contributed by atoms with Crippen molar-refractivity contribution in [3.63, 3.8) is 0 Å². The fraction of sp³-hybridized carbons (Fsp3) is 0.700. The highest BCUT2D eigenvalue weighted by Gasteiger charge is 2.71. The summed E-state index contributed by atoms with van der Waals surface area (Å²) >= 11 is 6.92. The van der Waals surface area contributed by atoms with E-state index in [2.05, 4.69) is 0 Å². The highest BCUT2D eigenvalue weighted by molar-refractivity contribution is 8.01. The standard InChI is InChI=1S/C10H12N2O2S2/c13-9(14)10(11-3-1-2-4-11)7(15)12-5-6-16-8(10)12/h5,8H,1-4,6H2/t8-,10?/m0/s1. The molecule has 0 spiro atoms. The molecule has 0 saturated carbocycles. The molecule has 1 unspecified atom stereocenters. The van der Waals surface area contributed by atoms with Crippen LogP contribution in [0, 0.1) is 0 Å². The molecule has 3 aliphatic heterocycles. The van der Waals surface area contributed by atoms with Gasteiger partial charge in [0.25, 0.3) is 4.99 Å². The van der Waals surface area contributed by atoms with E-state index in [0.717, 1.165) is 31.7 Å². The number of carboxylic acids is 1. The number of hydrogen-bond donors (Lipinski definition) is 0. The van der Waals surface area contributed by atoms with E-state index in [-0.39, 0.29) is 5.37 Å². The second-order valence-electron chi connectivity index (χ2n) is 4.33. The molecule has 6 heteroatoms. The van der Waals surface area contributed by atoms with Gasteiger partial charge in [-0.15, -0.1) is 0 Å². The van der Waals surface area contributed by atoms with Crippen molar-refractivity contribution in [1.29, 1.82) is 0 Å². The van der Waals surface area contributed by atoms with Crippen LogP contribution >= 0.6 is 24.0 Å². The van der Waals surface area contributed by atoms with Gasteiger partial charge in [-0.25, -0.2) is 0 Å². The Balaban J connectivity index is 2.01. The van der Waals surface area contributed by atoms with E-state index in [4.69, 9.17) is 12.2 Å². The number of nitrogens with zero attached hydrogens (tertiary/aromatic N) is 2. The molecule has 0 aromatic heterocycles. The zero-order valence-corrected chi connectivity index (χ0v) is 10.4. The van der Waals surface area contributed by atoms with Crippen molar-refractivity contribution in [2.75, 3.05) is 18.8 Å². The smallest absolute Gasteiger partial charge is 0.282 e. The monoisotopic (exact) mass is 256 g/mol. The fourth-order valence-electron chi connectivity index (χ4n) is 2.82. The SMILES string of the molecule is O=C([O-])C1(N2CCCC2)C(=S)[N+]2=CCS[C@H]21. The van der Waals surface area contributed by atoms with Gasteiger partial charge in [0, 0.05) is 0 Å². The Bertz CT molecular complexity index is 404. The van der Waals surface area contributed by atoms with Crippen LogP contribution in [0.3, 0.4) is 0 Å². The number of fused-ring (bicyclic) bond motifs is 1. The average Bonchev–Trinajstić information content (AvgIpc) is 2.87. The largest absolute Gasteiger partial charge is 0.547 e. The Labute approximate surface area is 103 Å². The highest BCUT2D eigenvalue weighted by Crippen LogP contribution is 2.44. The molecule has 3 heterocycles. The Morgan fingerprint density at radius 2 is 2.31 bits per heavy atom. The molecule has 0 aromatic carbocycles. The maximum absolute atomic E-state index is 11.5.